The fourth-order valence-electron chi connectivity index (χ4n) is 5.06. The van der Waals surface area contributed by atoms with Gasteiger partial charge < -0.3 is 14.0 Å². The first-order valence-electron chi connectivity index (χ1n) is 13.5. The molecule has 4 aromatic heterocycles. The summed E-state index contributed by atoms with van der Waals surface area (Å²) < 4.78 is 22.9. The average Bonchev–Trinajstić information content (AvgIpc) is 3.62. The van der Waals surface area contributed by atoms with Crippen molar-refractivity contribution in [1.29, 1.82) is 0 Å². The quantitative estimate of drug-likeness (QED) is 0.170. The largest absolute Gasteiger partial charge is 0.500 e. The van der Waals surface area contributed by atoms with Crippen molar-refractivity contribution in [3.8, 4) is 28.3 Å². The van der Waals surface area contributed by atoms with Gasteiger partial charge >= 0.3 is 0 Å². The van der Waals surface area contributed by atoms with Gasteiger partial charge in [0.2, 0.25) is 0 Å². The van der Waals surface area contributed by atoms with E-state index in [2.05, 4.69) is 22.1 Å². The zero-order valence-electron chi connectivity index (χ0n) is 23.0. The molecule has 5 nitrogen and oxygen atoms in total. The van der Waals surface area contributed by atoms with E-state index < -0.39 is 0 Å². The molecule has 0 amide bonds. The molecule has 0 aliphatic rings. The van der Waals surface area contributed by atoms with E-state index in [9.17, 15) is 4.39 Å². The number of para-hydroxylation sites is 2. The second-order valence-corrected chi connectivity index (χ2v) is 9.73. The van der Waals surface area contributed by atoms with E-state index in [4.69, 9.17) is 9.40 Å². The molecule has 4 heterocycles. The van der Waals surface area contributed by atoms with Crippen molar-refractivity contribution >= 4 is 33.0 Å². The van der Waals surface area contributed by atoms with Gasteiger partial charge in [0.05, 0.1) is 28.6 Å². The van der Waals surface area contributed by atoms with E-state index in [1.807, 2.05) is 121 Å². The number of benzene rings is 4. The van der Waals surface area contributed by atoms with Gasteiger partial charge in [-0.25, -0.2) is 0 Å². The Kier molecular flexibility index (Phi) is 7.92. The summed E-state index contributed by atoms with van der Waals surface area (Å²) in [5.41, 5.74) is 7.18. The number of fused-ring (bicyclic) bond motifs is 4. The molecule has 0 N–H and O–H groups in total. The molecule has 8 aromatic rings. The molecule has 4 aromatic carbocycles. The summed E-state index contributed by atoms with van der Waals surface area (Å²) in [6.07, 6.45) is 3.60. The topological polar surface area (TPSA) is 56.7 Å². The number of halogens is 1. The van der Waals surface area contributed by atoms with Gasteiger partial charge in [-0.1, -0.05) is 54.1 Å². The molecule has 0 bridgehead atoms. The summed E-state index contributed by atoms with van der Waals surface area (Å²) >= 11 is 0. The van der Waals surface area contributed by atoms with Crippen LogP contribution >= 0.6 is 0 Å². The molecule has 43 heavy (non-hydrogen) atoms. The third-order valence-electron chi connectivity index (χ3n) is 6.97. The summed E-state index contributed by atoms with van der Waals surface area (Å²) in [4.78, 5) is 13.6. The minimum atomic E-state index is -0.362. The molecular weight excluding hydrogens is 716 g/mol. The van der Waals surface area contributed by atoms with E-state index in [1.165, 1.54) is 6.07 Å². The van der Waals surface area contributed by atoms with Crippen LogP contribution in [-0.2, 0) is 20.1 Å². The summed E-state index contributed by atoms with van der Waals surface area (Å²) in [5, 5.41) is 1.18. The fourth-order valence-corrected chi connectivity index (χ4v) is 5.06. The van der Waals surface area contributed by atoms with Crippen molar-refractivity contribution in [1.82, 2.24) is 19.5 Å². The normalized spacial score (nSPS) is 10.8. The van der Waals surface area contributed by atoms with Crippen LogP contribution in [0.1, 0.15) is 5.69 Å². The molecular formula is C36H23FIrN4O-2. The molecule has 0 saturated carbocycles. The van der Waals surface area contributed by atoms with Crippen molar-refractivity contribution in [2.75, 3.05) is 0 Å². The first-order valence-corrected chi connectivity index (χ1v) is 13.5. The number of aryl methyl sites for hydroxylation is 1. The Labute approximate surface area is 261 Å². The maximum absolute atomic E-state index is 14.8. The van der Waals surface area contributed by atoms with Gasteiger partial charge in [0, 0.05) is 48.9 Å². The summed E-state index contributed by atoms with van der Waals surface area (Å²) in [6, 6.07) is 40.6. The Hall–Kier alpha value is -4.97. The number of imidazole rings is 1. The summed E-state index contributed by atoms with van der Waals surface area (Å²) in [5.74, 6) is 0.270. The van der Waals surface area contributed by atoms with Gasteiger partial charge in [0.25, 0.3) is 0 Å². The number of aromatic nitrogens is 4. The van der Waals surface area contributed by atoms with Crippen LogP contribution in [0.3, 0.4) is 0 Å². The van der Waals surface area contributed by atoms with E-state index in [0.29, 0.717) is 27.9 Å². The van der Waals surface area contributed by atoms with E-state index in [0.717, 1.165) is 39.1 Å². The van der Waals surface area contributed by atoms with Gasteiger partial charge in [-0.15, -0.1) is 48.0 Å². The molecule has 0 unspecified atom stereocenters. The van der Waals surface area contributed by atoms with Crippen molar-refractivity contribution in [3.05, 3.63) is 145 Å². The van der Waals surface area contributed by atoms with Crippen LogP contribution in [0, 0.1) is 24.9 Å². The smallest absolute Gasteiger partial charge is 0.121 e. The molecule has 0 aliphatic carbocycles. The van der Waals surface area contributed by atoms with Gasteiger partial charge in [-0.3, -0.25) is 14.4 Å². The van der Waals surface area contributed by atoms with Crippen LogP contribution in [0.4, 0.5) is 4.39 Å². The van der Waals surface area contributed by atoms with Crippen molar-refractivity contribution in [3.63, 3.8) is 0 Å². The molecule has 0 saturated heterocycles. The predicted octanol–water partition coefficient (Wildman–Crippen LogP) is 8.78. The Morgan fingerprint density at radius 3 is 2.42 bits per heavy atom. The van der Waals surface area contributed by atoms with Gasteiger partial charge in [-0.05, 0) is 48.3 Å². The zero-order valence-corrected chi connectivity index (χ0v) is 25.4. The second kappa shape index (κ2) is 12.1. The van der Waals surface area contributed by atoms with Crippen LogP contribution < -0.4 is 0 Å². The number of hydrogen-bond donors (Lipinski definition) is 0. The average molecular weight is 739 g/mol. The molecule has 0 fully saturated rings. The van der Waals surface area contributed by atoms with Crippen molar-refractivity contribution < 1.29 is 28.9 Å². The molecule has 7 heteroatoms. The fraction of sp³-hybridized carbons (Fsp3) is 0.0278. The van der Waals surface area contributed by atoms with Gasteiger partial charge in [-0.2, -0.15) is 0 Å². The third kappa shape index (κ3) is 5.36. The van der Waals surface area contributed by atoms with Crippen molar-refractivity contribution in [2.24, 2.45) is 0 Å². The second-order valence-electron chi connectivity index (χ2n) is 9.73. The van der Waals surface area contributed by atoms with Crippen molar-refractivity contribution in [2.45, 2.75) is 6.92 Å². The Morgan fingerprint density at radius 2 is 1.63 bits per heavy atom. The van der Waals surface area contributed by atoms with E-state index in [1.54, 1.807) is 6.20 Å². The maximum atomic E-state index is 14.8. The predicted molar refractivity (Wildman–Crippen MR) is 164 cm³/mol. The van der Waals surface area contributed by atoms with Crippen LogP contribution in [0.2, 0.25) is 0 Å². The standard InChI is InChI=1S/C25H15FN3O.C11H8N.Ir/c1-15-13-20-21(14-27-15)29(16-7-3-2-4-8-16)25(28-20)18-11-12-19(26)23-17-9-5-6-10-22(17)30-24(18)23;1-2-6-10(7-3-1)11-8-4-5-9-12-11;/h2-10,12-14H,1H3;1-6,8-9H;/q2*-1;. The number of nitrogens with zero attached hydrogens (tertiary/aromatic N) is 4. The summed E-state index contributed by atoms with van der Waals surface area (Å²) in [6.45, 7) is 1.93. The van der Waals surface area contributed by atoms with Crippen LogP contribution in [0.5, 0.6) is 0 Å². The van der Waals surface area contributed by atoms with E-state index in [-0.39, 0.29) is 25.9 Å². The first-order chi connectivity index (χ1) is 20.7. The number of hydrogen-bond acceptors (Lipinski definition) is 4. The first kappa shape index (κ1) is 28.2. The zero-order chi connectivity index (χ0) is 28.5. The molecule has 1 radical (unpaired) electrons. The van der Waals surface area contributed by atoms with Crippen LogP contribution in [0.25, 0.3) is 61.3 Å². The Bertz CT molecular complexity index is 2120. The number of furan rings is 1. The minimum absolute atomic E-state index is 0. The monoisotopic (exact) mass is 739 g/mol. The maximum Gasteiger partial charge on any atom is 0.121 e. The number of pyridine rings is 2. The van der Waals surface area contributed by atoms with E-state index >= 15 is 0 Å². The van der Waals surface area contributed by atoms with Gasteiger partial charge in [0.1, 0.15) is 5.58 Å². The SMILES string of the molecule is Cc1cc2nc(-c3[c-]cc(F)c4c3oc3ccccc34)n(-c3ccccc3)c2cn1.[Ir].[c-]1ccccc1-c1ccccn1. The number of rotatable bonds is 3. The minimum Gasteiger partial charge on any atom is -0.500 e. The third-order valence-corrected chi connectivity index (χ3v) is 6.97. The summed E-state index contributed by atoms with van der Waals surface area (Å²) in [7, 11) is 0. The van der Waals surface area contributed by atoms with Crippen LogP contribution in [-0.4, -0.2) is 19.5 Å². The Morgan fingerprint density at radius 1 is 0.837 bits per heavy atom. The molecule has 0 spiro atoms. The molecule has 211 valence electrons. The molecule has 0 atom stereocenters. The van der Waals surface area contributed by atoms with Crippen LogP contribution in [0.15, 0.2) is 126 Å². The van der Waals surface area contributed by atoms with Gasteiger partial charge in [0.15, 0.2) is 0 Å². The molecule has 0 aliphatic heterocycles. The Balaban J connectivity index is 0.000000213. The molecule has 8 rings (SSSR count).